The van der Waals surface area contributed by atoms with Crippen molar-refractivity contribution in [1.29, 1.82) is 0 Å². The van der Waals surface area contributed by atoms with E-state index in [9.17, 15) is 13.2 Å². The zero-order valence-electron chi connectivity index (χ0n) is 16.3. The fourth-order valence-electron chi connectivity index (χ4n) is 3.67. The Balaban J connectivity index is 1.52. The number of ether oxygens (including phenoxy) is 1. The number of carbonyl (C=O) groups excluding carboxylic acids is 1. The fourth-order valence-corrected chi connectivity index (χ4v) is 5.93. The average molecular weight is 464 g/mol. The monoisotopic (exact) mass is 463 g/mol. The molecule has 1 aromatic rings. The average Bonchev–Trinajstić information content (AvgIpc) is 2.73. The quantitative estimate of drug-likeness (QED) is 0.627. The Morgan fingerprint density at radius 3 is 2.72 bits per heavy atom. The summed E-state index contributed by atoms with van der Waals surface area (Å²) in [5, 5.41) is 3.39. The highest BCUT2D eigenvalue weighted by atomic mass is 35.5. The minimum atomic E-state index is -3.80. The first-order valence-corrected chi connectivity index (χ1v) is 12.1. The van der Waals surface area contributed by atoms with Crippen LogP contribution in [0.25, 0.3) is 0 Å². The number of carbonyl (C=O) groups is 1. The van der Waals surface area contributed by atoms with Gasteiger partial charge in [-0.25, -0.2) is 8.42 Å². The zero-order valence-corrected chi connectivity index (χ0v) is 18.6. The van der Waals surface area contributed by atoms with Crippen molar-refractivity contribution in [3.8, 4) is 0 Å². The lowest BCUT2D eigenvalue weighted by molar-refractivity contribution is -0.126. The first-order valence-electron chi connectivity index (χ1n) is 9.91. The van der Waals surface area contributed by atoms with Crippen LogP contribution in [0.2, 0.25) is 10.0 Å². The molecule has 1 aromatic carbocycles. The SMILES string of the molecule is O=C(NCCCN1CCOCC1)[C@H]1CCCN(S(=O)(=O)c2cc(Cl)ccc2Cl)C1. The maximum Gasteiger partial charge on any atom is 0.244 e. The Labute approximate surface area is 182 Å². The number of sulfonamides is 1. The lowest BCUT2D eigenvalue weighted by Crippen LogP contribution is -2.46. The number of morpholine rings is 1. The number of nitrogens with one attached hydrogen (secondary N) is 1. The van der Waals surface area contributed by atoms with Gasteiger partial charge in [0, 0.05) is 37.7 Å². The fraction of sp³-hybridized carbons (Fsp3) is 0.632. The van der Waals surface area contributed by atoms with Crippen molar-refractivity contribution in [2.24, 2.45) is 5.92 Å². The van der Waals surface area contributed by atoms with Gasteiger partial charge in [-0.2, -0.15) is 4.31 Å². The van der Waals surface area contributed by atoms with Gasteiger partial charge in [0.15, 0.2) is 0 Å². The topological polar surface area (TPSA) is 79.0 Å². The third-order valence-electron chi connectivity index (χ3n) is 5.32. The predicted molar refractivity (Wildman–Crippen MR) is 113 cm³/mol. The van der Waals surface area contributed by atoms with E-state index in [0.717, 1.165) is 39.3 Å². The molecule has 2 aliphatic rings. The van der Waals surface area contributed by atoms with E-state index < -0.39 is 10.0 Å². The van der Waals surface area contributed by atoms with Gasteiger partial charge >= 0.3 is 0 Å². The Morgan fingerprint density at radius 2 is 1.97 bits per heavy atom. The van der Waals surface area contributed by atoms with Crippen molar-refractivity contribution < 1.29 is 17.9 Å². The van der Waals surface area contributed by atoms with Gasteiger partial charge in [0.1, 0.15) is 4.90 Å². The van der Waals surface area contributed by atoms with Gasteiger partial charge in [-0.15, -0.1) is 0 Å². The van der Waals surface area contributed by atoms with Crippen LogP contribution in [0.1, 0.15) is 19.3 Å². The third kappa shape index (κ3) is 6.06. The number of hydrogen-bond donors (Lipinski definition) is 1. The number of nitrogens with zero attached hydrogens (tertiary/aromatic N) is 2. The van der Waals surface area contributed by atoms with Gasteiger partial charge in [-0.1, -0.05) is 23.2 Å². The number of hydrogen-bond acceptors (Lipinski definition) is 5. The Morgan fingerprint density at radius 1 is 1.21 bits per heavy atom. The van der Waals surface area contributed by atoms with Crippen molar-refractivity contribution >= 4 is 39.1 Å². The molecule has 0 aliphatic carbocycles. The van der Waals surface area contributed by atoms with Crippen molar-refractivity contribution in [2.45, 2.75) is 24.2 Å². The smallest absolute Gasteiger partial charge is 0.244 e. The Hall–Kier alpha value is -0.900. The molecule has 1 atom stereocenters. The predicted octanol–water partition coefficient (Wildman–Crippen LogP) is 2.23. The summed E-state index contributed by atoms with van der Waals surface area (Å²) in [5.74, 6) is -0.455. The van der Waals surface area contributed by atoms with E-state index in [2.05, 4.69) is 10.2 Å². The summed E-state index contributed by atoms with van der Waals surface area (Å²) >= 11 is 12.0. The van der Waals surface area contributed by atoms with Gasteiger partial charge in [-0.3, -0.25) is 9.69 Å². The van der Waals surface area contributed by atoms with E-state index in [0.29, 0.717) is 31.0 Å². The second-order valence-corrected chi connectivity index (χ2v) is 10.1. The van der Waals surface area contributed by atoms with Crippen molar-refractivity contribution in [3.63, 3.8) is 0 Å². The number of piperidine rings is 1. The van der Waals surface area contributed by atoms with E-state index in [1.165, 1.54) is 16.4 Å². The van der Waals surface area contributed by atoms with E-state index >= 15 is 0 Å². The molecule has 0 saturated carbocycles. The first-order chi connectivity index (χ1) is 13.9. The molecular weight excluding hydrogens is 437 g/mol. The molecule has 0 radical (unpaired) electrons. The van der Waals surface area contributed by atoms with Crippen molar-refractivity contribution in [2.75, 3.05) is 52.5 Å². The second kappa shape index (κ2) is 10.4. The van der Waals surface area contributed by atoms with E-state index in [1.807, 2.05) is 0 Å². The molecule has 29 heavy (non-hydrogen) atoms. The second-order valence-electron chi connectivity index (χ2n) is 7.38. The highest BCUT2D eigenvalue weighted by Crippen LogP contribution is 2.30. The van der Waals surface area contributed by atoms with Gasteiger partial charge in [0.05, 0.1) is 24.2 Å². The minimum absolute atomic E-state index is 0.0155. The molecular formula is C19H27Cl2N3O4S. The maximum absolute atomic E-state index is 13.0. The summed E-state index contributed by atoms with van der Waals surface area (Å²) in [7, 11) is -3.80. The highest BCUT2D eigenvalue weighted by molar-refractivity contribution is 7.89. The van der Waals surface area contributed by atoms with Crippen LogP contribution in [0, 0.1) is 5.92 Å². The summed E-state index contributed by atoms with van der Waals surface area (Å²) < 4.78 is 32.7. The normalized spacial score (nSPS) is 21.8. The highest BCUT2D eigenvalue weighted by Gasteiger charge is 2.34. The maximum atomic E-state index is 13.0. The van der Waals surface area contributed by atoms with Crippen molar-refractivity contribution in [3.05, 3.63) is 28.2 Å². The Kier molecular flexibility index (Phi) is 8.18. The summed E-state index contributed by atoms with van der Waals surface area (Å²) in [5.41, 5.74) is 0. The summed E-state index contributed by atoms with van der Waals surface area (Å²) in [6.07, 6.45) is 2.16. The molecule has 2 heterocycles. The van der Waals surface area contributed by atoms with E-state index in [-0.39, 0.29) is 28.3 Å². The first kappa shape index (κ1) is 22.8. The molecule has 7 nitrogen and oxygen atoms in total. The van der Waals surface area contributed by atoms with Crippen LogP contribution >= 0.6 is 23.2 Å². The molecule has 0 spiro atoms. The zero-order chi connectivity index (χ0) is 20.9. The molecule has 0 bridgehead atoms. The summed E-state index contributed by atoms with van der Waals surface area (Å²) in [4.78, 5) is 14.9. The molecule has 162 valence electrons. The van der Waals surface area contributed by atoms with Crippen LogP contribution in [0.5, 0.6) is 0 Å². The van der Waals surface area contributed by atoms with Crippen LogP contribution < -0.4 is 5.32 Å². The molecule has 2 saturated heterocycles. The van der Waals surface area contributed by atoms with Crippen LogP contribution in [0.15, 0.2) is 23.1 Å². The molecule has 0 aromatic heterocycles. The van der Waals surface area contributed by atoms with E-state index in [1.54, 1.807) is 6.07 Å². The molecule has 3 rings (SSSR count). The molecule has 2 fully saturated rings. The number of rotatable bonds is 7. The summed E-state index contributed by atoms with van der Waals surface area (Å²) in [6, 6.07) is 4.38. The molecule has 10 heteroatoms. The van der Waals surface area contributed by atoms with Crippen LogP contribution in [0.3, 0.4) is 0 Å². The van der Waals surface area contributed by atoms with Gasteiger partial charge < -0.3 is 10.1 Å². The van der Waals surface area contributed by atoms with Gasteiger partial charge in [-0.05, 0) is 44.0 Å². The van der Waals surface area contributed by atoms with Crippen LogP contribution in [0.4, 0.5) is 0 Å². The molecule has 0 unspecified atom stereocenters. The number of benzene rings is 1. The van der Waals surface area contributed by atoms with Gasteiger partial charge in [0.2, 0.25) is 15.9 Å². The molecule has 2 aliphatic heterocycles. The standard InChI is InChI=1S/C19H27Cl2N3O4S/c20-16-4-5-17(21)18(13-16)29(26,27)24-8-1-3-15(14-24)19(25)22-6-2-7-23-9-11-28-12-10-23/h4-5,13,15H,1-3,6-12,14H2,(H,22,25)/t15-/m0/s1. The number of halogens is 2. The minimum Gasteiger partial charge on any atom is -0.379 e. The van der Waals surface area contributed by atoms with Crippen LogP contribution in [-0.4, -0.2) is 76.0 Å². The van der Waals surface area contributed by atoms with E-state index in [4.69, 9.17) is 27.9 Å². The lowest BCUT2D eigenvalue weighted by Gasteiger charge is -2.31. The molecule has 1 amide bonds. The van der Waals surface area contributed by atoms with Crippen molar-refractivity contribution in [1.82, 2.24) is 14.5 Å². The van der Waals surface area contributed by atoms with Crippen LogP contribution in [-0.2, 0) is 19.6 Å². The third-order valence-corrected chi connectivity index (χ3v) is 7.90. The molecule has 1 N–H and O–H groups in total. The number of amides is 1. The largest absolute Gasteiger partial charge is 0.379 e. The lowest BCUT2D eigenvalue weighted by atomic mass is 9.99. The van der Waals surface area contributed by atoms with Gasteiger partial charge in [0.25, 0.3) is 0 Å². The summed E-state index contributed by atoms with van der Waals surface area (Å²) in [6.45, 7) is 5.39. The Bertz CT molecular complexity index is 816.